The van der Waals surface area contributed by atoms with E-state index in [0.29, 0.717) is 0 Å². The van der Waals surface area contributed by atoms with Gasteiger partial charge in [0.15, 0.2) is 0 Å². The molecule has 114 valence electrons. The lowest BCUT2D eigenvalue weighted by molar-refractivity contribution is 0.242. The van der Waals surface area contributed by atoms with E-state index >= 15 is 0 Å². The van der Waals surface area contributed by atoms with Gasteiger partial charge in [0.1, 0.15) is 17.3 Å². The fourth-order valence-electron chi connectivity index (χ4n) is 2.34. The van der Waals surface area contributed by atoms with Crippen molar-refractivity contribution in [3.05, 3.63) is 53.5 Å². The molecule has 21 heavy (non-hydrogen) atoms. The number of nitrogens with one attached hydrogen (secondary N) is 1. The van der Waals surface area contributed by atoms with Crippen molar-refractivity contribution < 1.29 is 9.15 Å². The lowest BCUT2D eigenvalue weighted by Gasteiger charge is -2.17. The van der Waals surface area contributed by atoms with Crippen molar-refractivity contribution >= 4 is 0 Å². The van der Waals surface area contributed by atoms with Crippen molar-refractivity contribution in [3.63, 3.8) is 0 Å². The first kappa shape index (κ1) is 15.6. The standard InChI is InChI=1S/C18H25NO2/c1-5-15-11-12-17(21-15)18(19-6-2)14-7-9-16(10-8-14)20-13(3)4/h7-13,18-19H,5-6H2,1-4H3. The number of hydrogen-bond donors (Lipinski definition) is 1. The summed E-state index contributed by atoms with van der Waals surface area (Å²) in [6.07, 6.45) is 1.11. The van der Waals surface area contributed by atoms with E-state index in [1.807, 2.05) is 26.0 Å². The molecule has 1 heterocycles. The number of hydrogen-bond acceptors (Lipinski definition) is 3. The zero-order chi connectivity index (χ0) is 15.2. The first-order valence-electron chi connectivity index (χ1n) is 7.72. The van der Waals surface area contributed by atoms with Crippen molar-refractivity contribution in [3.8, 4) is 5.75 Å². The van der Waals surface area contributed by atoms with E-state index in [1.165, 1.54) is 5.56 Å². The third kappa shape index (κ3) is 4.11. The van der Waals surface area contributed by atoms with Crippen LogP contribution in [0.1, 0.15) is 50.8 Å². The molecule has 0 amide bonds. The van der Waals surface area contributed by atoms with Crippen molar-refractivity contribution in [2.75, 3.05) is 6.54 Å². The van der Waals surface area contributed by atoms with Gasteiger partial charge in [-0.3, -0.25) is 0 Å². The zero-order valence-corrected chi connectivity index (χ0v) is 13.3. The number of aryl methyl sites for hydroxylation is 1. The Bertz CT molecular complexity index is 543. The smallest absolute Gasteiger partial charge is 0.125 e. The summed E-state index contributed by atoms with van der Waals surface area (Å²) in [5.74, 6) is 2.89. The lowest BCUT2D eigenvalue weighted by atomic mass is 10.0. The van der Waals surface area contributed by atoms with E-state index < -0.39 is 0 Å². The summed E-state index contributed by atoms with van der Waals surface area (Å²) >= 11 is 0. The minimum atomic E-state index is 0.0865. The van der Waals surface area contributed by atoms with E-state index in [-0.39, 0.29) is 12.1 Å². The van der Waals surface area contributed by atoms with Crippen LogP contribution in [0.25, 0.3) is 0 Å². The quantitative estimate of drug-likeness (QED) is 0.823. The molecule has 1 aromatic heterocycles. The topological polar surface area (TPSA) is 34.4 Å². The maximum Gasteiger partial charge on any atom is 0.125 e. The average molecular weight is 287 g/mol. The van der Waals surface area contributed by atoms with Crippen LogP contribution in [0.3, 0.4) is 0 Å². The Morgan fingerprint density at radius 2 is 1.76 bits per heavy atom. The molecular weight excluding hydrogens is 262 g/mol. The molecule has 0 aliphatic rings. The van der Waals surface area contributed by atoms with Crippen LogP contribution in [-0.4, -0.2) is 12.6 Å². The Balaban J connectivity index is 2.21. The van der Waals surface area contributed by atoms with E-state index in [4.69, 9.17) is 9.15 Å². The van der Waals surface area contributed by atoms with Crippen LogP contribution >= 0.6 is 0 Å². The first-order chi connectivity index (χ1) is 10.1. The first-order valence-corrected chi connectivity index (χ1v) is 7.72. The molecular formula is C18H25NO2. The minimum Gasteiger partial charge on any atom is -0.491 e. The van der Waals surface area contributed by atoms with Gasteiger partial charge in [-0.2, -0.15) is 0 Å². The van der Waals surface area contributed by atoms with Gasteiger partial charge in [-0.1, -0.05) is 26.0 Å². The van der Waals surface area contributed by atoms with Gasteiger partial charge >= 0.3 is 0 Å². The number of rotatable bonds is 7. The molecule has 2 rings (SSSR count). The van der Waals surface area contributed by atoms with E-state index in [2.05, 4.69) is 43.4 Å². The summed E-state index contributed by atoms with van der Waals surface area (Å²) in [6.45, 7) is 9.15. The van der Waals surface area contributed by atoms with Gasteiger partial charge in [-0.05, 0) is 50.2 Å². The highest BCUT2D eigenvalue weighted by atomic mass is 16.5. The van der Waals surface area contributed by atoms with E-state index in [0.717, 1.165) is 30.2 Å². The van der Waals surface area contributed by atoms with Crippen LogP contribution < -0.4 is 10.1 Å². The lowest BCUT2D eigenvalue weighted by Crippen LogP contribution is -2.21. The largest absolute Gasteiger partial charge is 0.491 e. The minimum absolute atomic E-state index is 0.0865. The molecule has 0 saturated carbocycles. The fourth-order valence-corrected chi connectivity index (χ4v) is 2.34. The second-order valence-corrected chi connectivity index (χ2v) is 5.38. The monoisotopic (exact) mass is 287 g/mol. The van der Waals surface area contributed by atoms with Gasteiger partial charge in [0, 0.05) is 6.42 Å². The van der Waals surface area contributed by atoms with E-state index in [1.54, 1.807) is 0 Å². The average Bonchev–Trinajstić information content (AvgIpc) is 2.94. The fraction of sp³-hybridized carbons (Fsp3) is 0.444. The van der Waals surface area contributed by atoms with Gasteiger partial charge in [0.25, 0.3) is 0 Å². The van der Waals surface area contributed by atoms with Gasteiger partial charge in [-0.25, -0.2) is 0 Å². The summed E-state index contributed by atoms with van der Waals surface area (Å²) in [6, 6.07) is 12.4. The molecule has 0 bridgehead atoms. The van der Waals surface area contributed by atoms with Gasteiger partial charge in [-0.15, -0.1) is 0 Å². The molecule has 0 radical (unpaired) electrons. The molecule has 1 N–H and O–H groups in total. The number of ether oxygens (including phenoxy) is 1. The normalized spacial score (nSPS) is 12.6. The molecule has 0 aliphatic carbocycles. The summed E-state index contributed by atoms with van der Waals surface area (Å²) in [7, 11) is 0. The summed E-state index contributed by atoms with van der Waals surface area (Å²) in [5.41, 5.74) is 1.19. The third-order valence-electron chi connectivity index (χ3n) is 3.31. The molecule has 2 aromatic rings. The van der Waals surface area contributed by atoms with Crippen LogP contribution in [0.15, 0.2) is 40.8 Å². The van der Waals surface area contributed by atoms with Gasteiger partial charge in [0.05, 0.1) is 12.1 Å². The van der Waals surface area contributed by atoms with Crippen molar-refractivity contribution in [2.24, 2.45) is 0 Å². The summed E-state index contributed by atoms with van der Waals surface area (Å²) < 4.78 is 11.6. The summed E-state index contributed by atoms with van der Waals surface area (Å²) in [5, 5.41) is 3.48. The molecule has 1 unspecified atom stereocenters. The van der Waals surface area contributed by atoms with Crippen molar-refractivity contribution in [2.45, 2.75) is 46.3 Å². The SMILES string of the molecule is CCNC(c1ccc(OC(C)C)cc1)c1ccc(CC)o1. The molecule has 0 aliphatic heterocycles. The van der Waals surface area contributed by atoms with Crippen molar-refractivity contribution in [1.82, 2.24) is 5.32 Å². The Hall–Kier alpha value is -1.74. The van der Waals surface area contributed by atoms with E-state index in [9.17, 15) is 0 Å². The Morgan fingerprint density at radius 1 is 1.05 bits per heavy atom. The van der Waals surface area contributed by atoms with Crippen LogP contribution in [0.5, 0.6) is 5.75 Å². The van der Waals surface area contributed by atoms with Crippen LogP contribution in [0.4, 0.5) is 0 Å². The molecule has 1 aromatic carbocycles. The van der Waals surface area contributed by atoms with Crippen LogP contribution in [0, 0.1) is 0 Å². The predicted octanol–water partition coefficient (Wildman–Crippen LogP) is 4.33. The highest BCUT2D eigenvalue weighted by molar-refractivity contribution is 5.33. The van der Waals surface area contributed by atoms with Crippen LogP contribution in [0.2, 0.25) is 0 Å². The maximum absolute atomic E-state index is 5.90. The number of furan rings is 1. The van der Waals surface area contributed by atoms with Crippen molar-refractivity contribution in [1.29, 1.82) is 0 Å². The summed E-state index contributed by atoms with van der Waals surface area (Å²) in [4.78, 5) is 0. The molecule has 1 atom stereocenters. The molecule has 3 nitrogen and oxygen atoms in total. The Kier molecular flexibility index (Phi) is 5.45. The third-order valence-corrected chi connectivity index (χ3v) is 3.31. The molecule has 0 spiro atoms. The van der Waals surface area contributed by atoms with Gasteiger partial charge in [0.2, 0.25) is 0 Å². The molecule has 0 saturated heterocycles. The second kappa shape index (κ2) is 7.32. The maximum atomic E-state index is 5.90. The predicted molar refractivity (Wildman–Crippen MR) is 85.8 cm³/mol. The zero-order valence-electron chi connectivity index (χ0n) is 13.3. The second-order valence-electron chi connectivity index (χ2n) is 5.38. The van der Waals surface area contributed by atoms with Gasteiger partial charge < -0.3 is 14.5 Å². The molecule has 0 fully saturated rings. The van der Waals surface area contributed by atoms with Crippen LogP contribution in [-0.2, 0) is 6.42 Å². The Morgan fingerprint density at radius 3 is 2.29 bits per heavy atom. The highest BCUT2D eigenvalue weighted by Gasteiger charge is 2.16. The molecule has 3 heteroatoms. The number of benzene rings is 1. The Labute approximate surface area is 127 Å². The highest BCUT2D eigenvalue weighted by Crippen LogP contribution is 2.26.